The van der Waals surface area contributed by atoms with Gasteiger partial charge in [-0.15, -0.1) is 0 Å². The lowest BCUT2D eigenvalue weighted by molar-refractivity contribution is -0.146. The molecular weight excluding hydrogens is 687 g/mol. The van der Waals surface area contributed by atoms with Crippen LogP contribution in [0, 0.1) is 0 Å². The number of benzene rings is 2. The SMILES string of the molecule is C=CCOC(=O)CCC(NC(=O)c1ccc(N(C)Cc2cnc3nc(N)nc(NC(=O)OCc4ccc(B(O)OC)cc4)c3n2)cc1)C(=O)OCC=C. The third-order valence-electron chi connectivity index (χ3n) is 7.45. The average molecular weight is 727 g/mol. The highest BCUT2D eigenvalue weighted by atomic mass is 16.6. The number of hydrogen-bond donors (Lipinski definition) is 4. The van der Waals surface area contributed by atoms with E-state index in [1.807, 2.05) is 4.90 Å². The molecule has 1 unspecified atom stereocenters. The number of carbonyl (C=O) groups excluding carboxylic acids is 4. The van der Waals surface area contributed by atoms with Gasteiger partial charge in [-0.1, -0.05) is 49.6 Å². The van der Waals surface area contributed by atoms with Crippen molar-refractivity contribution in [3.63, 3.8) is 0 Å². The van der Waals surface area contributed by atoms with E-state index in [0.29, 0.717) is 16.7 Å². The first-order chi connectivity index (χ1) is 25.5. The van der Waals surface area contributed by atoms with Gasteiger partial charge in [-0.05, 0) is 41.7 Å². The Hall–Kier alpha value is -6.40. The summed E-state index contributed by atoms with van der Waals surface area (Å²) < 4.78 is 20.3. The molecule has 0 saturated carbocycles. The minimum absolute atomic E-state index is 0.00349. The molecule has 0 aliphatic carbocycles. The first kappa shape index (κ1) is 39.4. The van der Waals surface area contributed by atoms with E-state index in [9.17, 15) is 24.2 Å². The number of carbonyl (C=O) groups is 4. The van der Waals surface area contributed by atoms with Gasteiger partial charge in [0.25, 0.3) is 5.91 Å². The second-order valence-electron chi connectivity index (χ2n) is 11.4. The van der Waals surface area contributed by atoms with Crippen molar-refractivity contribution in [2.45, 2.75) is 32.0 Å². The zero-order valence-electron chi connectivity index (χ0n) is 29.2. The monoisotopic (exact) mass is 726 g/mol. The molecule has 2 aromatic carbocycles. The number of hydrogen-bond acceptors (Lipinski definition) is 15. The van der Waals surface area contributed by atoms with Crippen LogP contribution in [-0.2, 0) is 41.6 Å². The van der Waals surface area contributed by atoms with Gasteiger partial charge in [-0.3, -0.25) is 14.9 Å². The predicted octanol–water partition coefficient (Wildman–Crippen LogP) is 2.06. The molecule has 0 bridgehead atoms. The number of nitrogens with one attached hydrogen (secondary N) is 2. The van der Waals surface area contributed by atoms with Crippen LogP contribution in [0.1, 0.15) is 34.5 Å². The lowest BCUT2D eigenvalue weighted by atomic mass is 9.79. The molecule has 276 valence electrons. The molecule has 4 rings (SSSR count). The quantitative estimate of drug-likeness (QED) is 0.0498. The average Bonchev–Trinajstić information content (AvgIpc) is 3.16. The third-order valence-corrected chi connectivity index (χ3v) is 7.45. The summed E-state index contributed by atoms with van der Waals surface area (Å²) in [6.07, 6.45) is 3.36. The number of nitrogen functional groups attached to an aromatic ring is 1. The Morgan fingerprint density at radius 2 is 1.68 bits per heavy atom. The number of ether oxygens (including phenoxy) is 3. The number of anilines is 3. The molecule has 4 aromatic rings. The van der Waals surface area contributed by atoms with Gasteiger partial charge in [-0.2, -0.15) is 9.97 Å². The molecular formula is C35H39BN8O9. The van der Waals surface area contributed by atoms with E-state index in [-0.39, 0.29) is 67.7 Å². The Kier molecular flexibility index (Phi) is 14.3. The lowest BCUT2D eigenvalue weighted by Crippen LogP contribution is -2.42. The van der Waals surface area contributed by atoms with Crippen LogP contribution in [0.2, 0.25) is 0 Å². The summed E-state index contributed by atoms with van der Waals surface area (Å²) in [7, 11) is 2.13. The first-order valence-corrected chi connectivity index (χ1v) is 16.2. The number of aromatic nitrogens is 4. The molecule has 5 N–H and O–H groups in total. The summed E-state index contributed by atoms with van der Waals surface area (Å²) in [4.78, 5) is 69.3. The molecule has 1 atom stereocenters. The van der Waals surface area contributed by atoms with E-state index in [1.165, 1.54) is 25.5 Å². The Bertz CT molecular complexity index is 1930. The summed E-state index contributed by atoms with van der Waals surface area (Å²) in [5, 5.41) is 14.9. The van der Waals surface area contributed by atoms with Gasteiger partial charge in [0.2, 0.25) is 5.95 Å². The maximum absolute atomic E-state index is 13.1. The number of esters is 2. The molecule has 2 heterocycles. The highest BCUT2D eigenvalue weighted by Crippen LogP contribution is 2.21. The standard InChI is InChI=1S/C35H39BN8O9/c1-5-17-51-28(45)16-15-27(33(47)52-18-6-2)40-32(46)23-9-13-26(14-10-23)44(3)20-25-19-38-30-29(39-25)31(42-34(37)41-30)43-35(48)53-21-22-7-11-24(12-8-22)36(49)50-4/h5-14,19,27,49H,1-2,15-18,20-21H2,3-4H3,(H,40,46)(H3,37,38,41,42,43,48). The fourth-order valence-corrected chi connectivity index (χ4v) is 4.74. The highest BCUT2D eigenvalue weighted by Gasteiger charge is 2.24. The van der Waals surface area contributed by atoms with E-state index in [2.05, 4.69) is 43.7 Å². The summed E-state index contributed by atoms with van der Waals surface area (Å²) in [6, 6.07) is 12.2. The van der Waals surface area contributed by atoms with Crippen LogP contribution < -0.4 is 26.7 Å². The molecule has 0 aliphatic rings. The van der Waals surface area contributed by atoms with Gasteiger partial charge in [0.15, 0.2) is 17.0 Å². The van der Waals surface area contributed by atoms with Gasteiger partial charge in [-0.25, -0.2) is 19.6 Å². The maximum Gasteiger partial charge on any atom is 0.490 e. The van der Waals surface area contributed by atoms with Gasteiger partial charge in [0.05, 0.1) is 18.4 Å². The van der Waals surface area contributed by atoms with Gasteiger partial charge in [0.1, 0.15) is 25.9 Å². The molecule has 2 amide bonds. The van der Waals surface area contributed by atoms with Crippen LogP contribution >= 0.6 is 0 Å². The third kappa shape index (κ3) is 11.6. The zero-order valence-corrected chi connectivity index (χ0v) is 29.2. The van der Waals surface area contributed by atoms with E-state index >= 15 is 0 Å². The molecule has 0 fully saturated rings. The Balaban J connectivity index is 1.39. The summed E-state index contributed by atoms with van der Waals surface area (Å²) in [5.41, 5.74) is 8.89. The minimum Gasteiger partial charge on any atom is -0.461 e. The van der Waals surface area contributed by atoms with Crippen LogP contribution in [0.15, 0.2) is 80.0 Å². The minimum atomic E-state index is -1.09. The lowest BCUT2D eigenvalue weighted by Gasteiger charge is -2.20. The van der Waals surface area contributed by atoms with Crippen LogP contribution in [0.4, 0.5) is 22.2 Å². The normalized spacial score (nSPS) is 11.2. The summed E-state index contributed by atoms with van der Waals surface area (Å²) >= 11 is 0. The molecule has 2 aromatic heterocycles. The molecule has 53 heavy (non-hydrogen) atoms. The van der Waals surface area contributed by atoms with Crippen molar-refractivity contribution in [1.29, 1.82) is 0 Å². The fraction of sp³-hybridized carbons (Fsp3) is 0.257. The second kappa shape index (κ2) is 19.3. The van der Waals surface area contributed by atoms with Crippen molar-refractivity contribution in [1.82, 2.24) is 25.3 Å². The van der Waals surface area contributed by atoms with Gasteiger partial charge in [0, 0.05) is 31.8 Å². The van der Waals surface area contributed by atoms with Crippen molar-refractivity contribution in [2.24, 2.45) is 0 Å². The fourth-order valence-electron chi connectivity index (χ4n) is 4.74. The molecule has 0 spiro atoms. The summed E-state index contributed by atoms with van der Waals surface area (Å²) in [6.45, 7) is 7.17. The Morgan fingerprint density at radius 3 is 2.36 bits per heavy atom. The van der Waals surface area contributed by atoms with Crippen LogP contribution in [-0.4, -0.2) is 89.4 Å². The number of fused-ring (bicyclic) bond motifs is 1. The maximum atomic E-state index is 13.1. The number of rotatable bonds is 18. The van der Waals surface area contributed by atoms with Crippen molar-refractivity contribution in [3.8, 4) is 0 Å². The largest absolute Gasteiger partial charge is 0.490 e. The Morgan fingerprint density at radius 1 is 0.981 bits per heavy atom. The van der Waals surface area contributed by atoms with E-state index < -0.39 is 37.1 Å². The molecule has 0 saturated heterocycles. The first-order valence-electron chi connectivity index (χ1n) is 16.2. The topological polar surface area (TPSA) is 230 Å². The number of amides is 2. The smallest absolute Gasteiger partial charge is 0.461 e. The van der Waals surface area contributed by atoms with Crippen LogP contribution in [0.25, 0.3) is 11.2 Å². The van der Waals surface area contributed by atoms with Crippen LogP contribution in [0.5, 0.6) is 0 Å². The molecule has 18 heteroatoms. The molecule has 0 aliphatic heterocycles. The molecule has 0 radical (unpaired) electrons. The van der Waals surface area contributed by atoms with Gasteiger partial charge < -0.3 is 39.8 Å². The van der Waals surface area contributed by atoms with E-state index in [1.54, 1.807) is 55.6 Å². The molecule has 17 nitrogen and oxygen atoms in total. The van der Waals surface area contributed by atoms with E-state index in [4.69, 9.17) is 24.6 Å². The van der Waals surface area contributed by atoms with E-state index in [0.717, 1.165) is 5.69 Å². The number of nitrogens with two attached hydrogens (primary N) is 1. The Labute approximate surface area is 305 Å². The van der Waals surface area contributed by atoms with Crippen molar-refractivity contribution in [2.75, 3.05) is 43.3 Å². The zero-order chi connectivity index (χ0) is 38.3. The van der Waals surface area contributed by atoms with Crippen molar-refractivity contribution >= 4 is 65.1 Å². The van der Waals surface area contributed by atoms with Crippen LogP contribution in [0.3, 0.4) is 0 Å². The van der Waals surface area contributed by atoms with Gasteiger partial charge >= 0.3 is 25.2 Å². The summed E-state index contributed by atoms with van der Waals surface area (Å²) in [5.74, 6) is -1.93. The number of nitrogens with zero attached hydrogens (tertiary/aromatic N) is 5. The highest BCUT2D eigenvalue weighted by molar-refractivity contribution is 6.59. The predicted molar refractivity (Wildman–Crippen MR) is 196 cm³/mol. The van der Waals surface area contributed by atoms with Crippen molar-refractivity contribution in [3.05, 3.63) is 96.9 Å². The second-order valence-corrected chi connectivity index (χ2v) is 11.4. The van der Waals surface area contributed by atoms with Crippen molar-refractivity contribution < 1.29 is 43.1 Å².